The molecule has 22 heavy (non-hydrogen) atoms. The number of hydrogen-bond acceptors (Lipinski definition) is 2. The summed E-state index contributed by atoms with van der Waals surface area (Å²) in [6.45, 7) is 5.20. The topological polar surface area (TPSA) is 32.3 Å². The molecule has 0 fully saturated rings. The fourth-order valence-corrected chi connectivity index (χ4v) is 2.52. The Hall–Kier alpha value is -2.00. The third-order valence-corrected chi connectivity index (χ3v) is 4.02. The van der Waals surface area contributed by atoms with Crippen molar-refractivity contribution in [2.75, 3.05) is 23.3 Å². The van der Waals surface area contributed by atoms with E-state index < -0.39 is 0 Å². The van der Waals surface area contributed by atoms with E-state index in [-0.39, 0.29) is 5.91 Å². The van der Waals surface area contributed by atoms with Crippen LogP contribution in [0, 0.1) is 6.92 Å². The van der Waals surface area contributed by atoms with E-state index in [4.69, 9.17) is 11.6 Å². The molecule has 0 aliphatic rings. The molecule has 0 unspecified atom stereocenters. The lowest BCUT2D eigenvalue weighted by Gasteiger charge is -2.21. The van der Waals surface area contributed by atoms with Crippen molar-refractivity contribution in [2.24, 2.45) is 0 Å². The monoisotopic (exact) mass is 316 g/mol. The number of nitrogens with one attached hydrogen (secondary N) is 1. The summed E-state index contributed by atoms with van der Waals surface area (Å²) in [5.41, 5.74) is 2.92. The van der Waals surface area contributed by atoms with E-state index in [1.54, 1.807) is 4.90 Å². The van der Waals surface area contributed by atoms with Crippen LogP contribution in [0.4, 0.5) is 11.4 Å². The smallest absolute Gasteiger partial charge is 0.228 e. The normalized spacial score (nSPS) is 10.3. The Labute approximate surface area is 136 Å². The quantitative estimate of drug-likeness (QED) is 0.850. The molecule has 2 rings (SSSR count). The third-order valence-electron chi connectivity index (χ3n) is 3.61. The Morgan fingerprint density at radius 2 is 1.86 bits per heavy atom. The first-order valence-corrected chi connectivity index (χ1v) is 7.85. The summed E-state index contributed by atoms with van der Waals surface area (Å²) < 4.78 is 0. The SMILES string of the molecule is CCN(C(=O)CCNc1cccc(Cl)c1C)c1ccccc1. The van der Waals surface area contributed by atoms with E-state index >= 15 is 0 Å². The van der Waals surface area contributed by atoms with Crippen LogP contribution in [0.5, 0.6) is 0 Å². The molecule has 2 aromatic rings. The number of hydrogen-bond donors (Lipinski definition) is 1. The van der Waals surface area contributed by atoms with Crippen LogP contribution in [0.25, 0.3) is 0 Å². The lowest BCUT2D eigenvalue weighted by Crippen LogP contribution is -2.31. The summed E-state index contributed by atoms with van der Waals surface area (Å²) in [5, 5.41) is 4.02. The van der Waals surface area contributed by atoms with Gasteiger partial charge in [-0.05, 0) is 43.7 Å². The lowest BCUT2D eigenvalue weighted by molar-refractivity contribution is -0.118. The molecule has 0 aliphatic heterocycles. The van der Waals surface area contributed by atoms with E-state index in [1.165, 1.54) is 0 Å². The highest BCUT2D eigenvalue weighted by Crippen LogP contribution is 2.23. The van der Waals surface area contributed by atoms with E-state index in [1.807, 2.05) is 62.4 Å². The fourth-order valence-electron chi connectivity index (χ4n) is 2.35. The average molecular weight is 317 g/mol. The van der Waals surface area contributed by atoms with Gasteiger partial charge in [0, 0.05) is 35.9 Å². The predicted octanol–water partition coefficient (Wildman–Crippen LogP) is 4.50. The zero-order chi connectivity index (χ0) is 15.9. The van der Waals surface area contributed by atoms with Crippen molar-refractivity contribution in [2.45, 2.75) is 20.3 Å². The molecule has 0 spiro atoms. The van der Waals surface area contributed by atoms with Crippen molar-refractivity contribution in [1.82, 2.24) is 0 Å². The van der Waals surface area contributed by atoms with Gasteiger partial charge in [-0.3, -0.25) is 4.79 Å². The van der Waals surface area contributed by atoms with Gasteiger partial charge in [0.25, 0.3) is 0 Å². The van der Waals surface area contributed by atoms with Gasteiger partial charge in [-0.25, -0.2) is 0 Å². The molecule has 1 amide bonds. The van der Waals surface area contributed by atoms with Gasteiger partial charge >= 0.3 is 0 Å². The van der Waals surface area contributed by atoms with Gasteiger partial charge in [0.1, 0.15) is 0 Å². The Morgan fingerprint density at radius 3 is 2.55 bits per heavy atom. The van der Waals surface area contributed by atoms with Gasteiger partial charge in [0.2, 0.25) is 5.91 Å². The van der Waals surface area contributed by atoms with E-state index in [0.717, 1.165) is 22.0 Å². The molecule has 2 aromatic carbocycles. The molecule has 0 bridgehead atoms. The molecule has 116 valence electrons. The summed E-state index contributed by atoms with van der Waals surface area (Å²) in [4.78, 5) is 14.2. The first-order chi connectivity index (χ1) is 10.6. The van der Waals surface area contributed by atoms with Crippen molar-refractivity contribution >= 4 is 28.9 Å². The number of halogens is 1. The van der Waals surface area contributed by atoms with Gasteiger partial charge in [-0.15, -0.1) is 0 Å². The van der Waals surface area contributed by atoms with Crippen molar-refractivity contribution in [3.05, 3.63) is 59.1 Å². The van der Waals surface area contributed by atoms with Crippen LogP contribution in [-0.2, 0) is 4.79 Å². The highest BCUT2D eigenvalue weighted by atomic mass is 35.5. The van der Waals surface area contributed by atoms with E-state index in [2.05, 4.69) is 5.32 Å². The molecule has 0 aliphatic carbocycles. The number of carbonyl (C=O) groups excluding carboxylic acids is 1. The molecule has 0 saturated carbocycles. The van der Waals surface area contributed by atoms with Crippen LogP contribution in [0.15, 0.2) is 48.5 Å². The average Bonchev–Trinajstić information content (AvgIpc) is 2.53. The maximum Gasteiger partial charge on any atom is 0.228 e. The fraction of sp³-hybridized carbons (Fsp3) is 0.278. The second-order valence-electron chi connectivity index (χ2n) is 5.06. The molecule has 0 aromatic heterocycles. The minimum atomic E-state index is 0.112. The van der Waals surface area contributed by atoms with Crippen LogP contribution >= 0.6 is 11.6 Å². The molecular formula is C18H21ClN2O. The molecule has 3 nitrogen and oxygen atoms in total. The van der Waals surface area contributed by atoms with E-state index in [0.29, 0.717) is 19.5 Å². The van der Waals surface area contributed by atoms with Gasteiger partial charge < -0.3 is 10.2 Å². The standard InChI is InChI=1S/C18H21ClN2O/c1-3-21(15-8-5-4-6-9-15)18(22)12-13-20-17-11-7-10-16(19)14(17)2/h4-11,20H,3,12-13H2,1-2H3. The number of carbonyl (C=O) groups is 1. The number of rotatable bonds is 6. The van der Waals surface area contributed by atoms with Gasteiger partial charge in [-0.2, -0.15) is 0 Å². The largest absolute Gasteiger partial charge is 0.384 e. The number of anilines is 2. The van der Waals surface area contributed by atoms with Crippen molar-refractivity contribution < 1.29 is 4.79 Å². The second kappa shape index (κ2) is 7.85. The van der Waals surface area contributed by atoms with Crippen LogP contribution in [-0.4, -0.2) is 19.0 Å². The molecular weight excluding hydrogens is 296 g/mol. The van der Waals surface area contributed by atoms with E-state index in [9.17, 15) is 4.79 Å². The zero-order valence-electron chi connectivity index (χ0n) is 13.0. The Kier molecular flexibility index (Phi) is 5.84. The predicted molar refractivity (Wildman–Crippen MR) is 93.8 cm³/mol. The van der Waals surface area contributed by atoms with Crippen LogP contribution in [0.1, 0.15) is 18.9 Å². The zero-order valence-corrected chi connectivity index (χ0v) is 13.7. The van der Waals surface area contributed by atoms with Crippen molar-refractivity contribution in [1.29, 1.82) is 0 Å². The number of para-hydroxylation sites is 1. The summed E-state index contributed by atoms with van der Waals surface area (Å²) >= 11 is 6.09. The van der Waals surface area contributed by atoms with Crippen LogP contribution in [0.2, 0.25) is 5.02 Å². The first kappa shape index (κ1) is 16.4. The molecule has 1 N–H and O–H groups in total. The minimum Gasteiger partial charge on any atom is -0.384 e. The molecule has 0 radical (unpaired) electrons. The molecule has 0 atom stereocenters. The van der Waals surface area contributed by atoms with Crippen molar-refractivity contribution in [3.63, 3.8) is 0 Å². The summed E-state index contributed by atoms with van der Waals surface area (Å²) in [5.74, 6) is 0.112. The third kappa shape index (κ3) is 4.01. The second-order valence-corrected chi connectivity index (χ2v) is 5.47. The minimum absolute atomic E-state index is 0.112. The summed E-state index contributed by atoms with van der Waals surface area (Å²) in [6, 6.07) is 15.5. The van der Waals surface area contributed by atoms with Crippen molar-refractivity contribution in [3.8, 4) is 0 Å². The molecule has 4 heteroatoms. The number of amides is 1. The Bertz CT molecular complexity index is 628. The highest BCUT2D eigenvalue weighted by molar-refractivity contribution is 6.31. The Morgan fingerprint density at radius 1 is 1.14 bits per heavy atom. The van der Waals surface area contributed by atoms with Gasteiger partial charge in [0.15, 0.2) is 0 Å². The van der Waals surface area contributed by atoms with Gasteiger partial charge in [-0.1, -0.05) is 35.9 Å². The first-order valence-electron chi connectivity index (χ1n) is 7.48. The number of nitrogens with zero attached hydrogens (tertiary/aromatic N) is 1. The summed E-state index contributed by atoms with van der Waals surface area (Å²) in [7, 11) is 0. The van der Waals surface area contributed by atoms with Crippen LogP contribution in [0.3, 0.4) is 0 Å². The number of benzene rings is 2. The summed E-state index contributed by atoms with van der Waals surface area (Å²) in [6.07, 6.45) is 0.439. The highest BCUT2D eigenvalue weighted by Gasteiger charge is 2.13. The lowest BCUT2D eigenvalue weighted by atomic mass is 10.2. The Balaban J connectivity index is 1.93. The van der Waals surface area contributed by atoms with Gasteiger partial charge in [0.05, 0.1) is 0 Å². The van der Waals surface area contributed by atoms with Crippen LogP contribution < -0.4 is 10.2 Å². The molecule has 0 heterocycles. The maximum atomic E-state index is 12.4. The molecule has 0 saturated heterocycles. The maximum absolute atomic E-state index is 12.4.